The van der Waals surface area contributed by atoms with Crippen LogP contribution in [-0.4, -0.2) is 9.07 Å². The van der Waals surface area contributed by atoms with Gasteiger partial charge in [0.15, 0.2) is 0 Å². The maximum absolute atomic E-state index is 6.30. The van der Waals surface area contributed by atoms with Gasteiger partial charge in [0.2, 0.25) is 0 Å². The van der Waals surface area contributed by atoms with Crippen molar-refractivity contribution in [2.75, 3.05) is 0 Å². The normalized spacial score (nSPS) is 10.5. The van der Waals surface area contributed by atoms with Crippen LogP contribution in [0.25, 0.3) is 0 Å². The Bertz CT molecular complexity index is 465. The van der Waals surface area contributed by atoms with Crippen LogP contribution < -0.4 is 0 Å². The molecule has 0 bridgehead atoms. The molecule has 2 aromatic rings. The molecule has 0 aliphatic carbocycles. The fourth-order valence-electron chi connectivity index (χ4n) is 1.70. The third-order valence-corrected chi connectivity index (χ3v) is 3.41. The quantitative estimate of drug-likeness (QED) is 0.718. The standard InChI is InChI=1S/C12H17Cl.C3H3ClN2/c1-8(2)10-6-5-7-11(9(3)4)12(10)13;4-6-2-1-5-3-6/h5-9H,1-4H3;1-3H. The molecule has 0 atom stereocenters. The first kappa shape index (κ1) is 16.1. The molecule has 0 radical (unpaired) electrons. The van der Waals surface area contributed by atoms with Crippen LogP contribution in [0.5, 0.6) is 0 Å². The van der Waals surface area contributed by atoms with Crippen LogP contribution in [0, 0.1) is 0 Å². The van der Waals surface area contributed by atoms with Crippen LogP contribution >= 0.6 is 23.4 Å². The van der Waals surface area contributed by atoms with Crippen molar-refractivity contribution < 1.29 is 0 Å². The minimum absolute atomic E-state index is 0.506. The van der Waals surface area contributed by atoms with Gasteiger partial charge in [0.25, 0.3) is 0 Å². The van der Waals surface area contributed by atoms with Crippen molar-refractivity contribution in [1.82, 2.24) is 9.07 Å². The number of nitrogens with zero attached hydrogens (tertiary/aromatic N) is 2. The Morgan fingerprint density at radius 2 is 1.58 bits per heavy atom. The van der Waals surface area contributed by atoms with Gasteiger partial charge in [-0.25, -0.2) is 9.07 Å². The van der Waals surface area contributed by atoms with Gasteiger partial charge in [0, 0.05) is 29.2 Å². The molecule has 1 heterocycles. The molecule has 1 aromatic heterocycles. The Kier molecular flexibility index (Phi) is 6.40. The van der Waals surface area contributed by atoms with Gasteiger partial charge in [-0.2, -0.15) is 0 Å². The monoisotopic (exact) mass is 298 g/mol. The molecule has 0 unspecified atom stereocenters. The van der Waals surface area contributed by atoms with E-state index in [0.717, 1.165) is 5.02 Å². The first-order valence-corrected chi connectivity index (χ1v) is 7.07. The van der Waals surface area contributed by atoms with Gasteiger partial charge in [-0.1, -0.05) is 57.5 Å². The third-order valence-electron chi connectivity index (χ3n) is 2.77. The van der Waals surface area contributed by atoms with E-state index in [9.17, 15) is 0 Å². The van der Waals surface area contributed by atoms with Crippen LogP contribution in [-0.2, 0) is 0 Å². The lowest BCUT2D eigenvalue weighted by atomic mass is 9.96. The largest absolute Gasteiger partial charge is 0.249 e. The maximum atomic E-state index is 6.30. The summed E-state index contributed by atoms with van der Waals surface area (Å²) in [5.41, 5.74) is 2.51. The van der Waals surface area contributed by atoms with Crippen molar-refractivity contribution in [1.29, 1.82) is 0 Å². The molecule has 2 rings (SSSR count). The summed E-state index contributed by atoms with van der Waals surface area (Å²) in [4.78, 5) is 3.65. The minimum Gasteiger partial charge on any atom is -0.249 e. The lowest BCUT2D eigenvalue weighted by Gasteiger charge is -2.14. The van der Waals surface area contributed by atoms with E-state index in [4.69, 9.17) is 23.4 Å². The summed E-state index contributed by atoms with van der Waals surface area (Å²) in [6, 6.07) is 6.31. The first-order chi connectivity index (χ1) is 8.93. The molecule has 0 saturated heterocycles. The number of hydrogen-bond donors (Lipinski definition) is 0. The minimum atomic E-state index is 0.506. The average Bonchev–Trinajstić information content (AvgIpc) is 2.80. The van der Waals surface area contributed by atoms with Crippen molar-refractivity contribution in [2.24, 2.45) is 0 Å². The number of hydrogen-bond acceptors (Lipinski definition) is 1. The molecular formula is C15H20Cl2N2. The zero-order chi connectivity index (χ0) is 14.4. The molecule has 0 amide bonds. The van der Waals surface area contributed by atoms with Gasteiger partial charge >= 0.3 is 0 Å². The second-order valence-electron chi connectivity index (χ2n) is 4.97. The van der Waals surface area contributed by atoms with E-state index in [-0.39, 0.29) is 0 Å². The molecule has 2 nitrogen and oxygen atoms in total. The molecule has 104 valence electrons. The number of benzene rings is 1. The first-order valence-electron chi connectivity index (χ1n) is 6.35. The Labute approximate surface area is 125 Å². The summed E-state index contributed by atoms with van der Waals surface area (Å²) >= 11 is 11.6. The van der Waals surface area contributed by atoms with Gasteiger partial charge in [-0.15, -0.1) is 0 Å². The average molecular weight is 299 g/mol. The predicted octanol–water partition coefficient (Wildman–Crippen LogP) is 5.47. The van der Waals surface area contributed by atoms with E-state index in [0.29, 0.717) is 11.8 Å². The Morgan fingerprint density at radius 1 is 1.05 bits per heavy atom. The van der Waals surface area contributed by atoms with Crippen LogP contribution in [0.1, 0.15) is 50.7 Å². The highest BCUT2D eigenvalue weighted by molar-refractivity contribution is 6.32. The number of imidazole rings is 1. The highest BCUT2D eigenvalue weighted by Gasteiger charge is 2.10. The van der Waals surface area contributed by atoms with Gasteiger partial charge in [-0.05, 0) is 23.0 Å². The van der Waals surface area contributed by atoms with Gasteiger partial charge in [0.05, 0.1) is 0 Å². The molecule has 0 spiro atoms. The highest BCUT2D eigenvalue weighted by atomic mass is 35.5. The van der Waals surface area contributed by atoms with Gasteiger partial charge < -0.3 is 0 Å². The fourth-order valence-corrected chi connectivity index (χ4v) is 2.37. The second kappa shape index (κ2) is 7.56. The second-order valence-corrected chi connectivity index (χ2v) is 5.74. The molecule has 1 aromatic carbocycles. The molecule has 19 heavy (non-hydrogen) atoms. The smallest absolute Gasteiger partial charge is 0.110 e. The van der Waals surface area contributed by atoms with Crippen LogP contribution in [0.2, 0.25) is 5.02 Å². The molecule has 0 saturated carbocycles. The number of aromatic nitrogens is 2. The van der Waals surface area contributed by atoms with Crippen LogP contribution in [0.3, 0.4) is 0 Å². The lowest BCUT2D eigenvalue weighted by molar-refractivity contribution is 0.834. The zero-order valence-electron chi connectivity index (χ0n) is 11.8. The summed E-state index contributed by atoms with van der Waals surface area (Å²) in [5, 5.41) is 0.951. The molecule has 0 fully saturated rings. The van der Waals surface area contributed by atoms with E-state index >= 15 is 0 Å². The van der Waals surface area contributed by atoms with Crippen LogP contribution in [0.4, 0.5) is 0 Å². The molecule has 4 heteroatoms. The number of rotatable bonds is 2. The fraction of sp³-hybridized carbons (Fsp3) is 0.400. The molecular weight excluding hydrogens is 279 g/mol. The predicted molar refractivity (Wildman–Crippen MR) is 83.1 cm³/mol. The SMILES string of the molecule is CC(C)c1cccc(C(C)C)c1Cl.Cln1ccnc1. The van der Waals surface area contributed by atoms with Crippen molar-refractivity contribution in [3.63, 3.8) is 0 Å². The Morgan fingerprint density at radius 3 is 1.84 bits per heavy atom. The maximum Gasteiger partial charge on any atom is 0.110 e. The summed E-state index contributed by atoms with van der Waals surface area (Å²) in [7, 11) is 0. The lowest BCUT2D eigenvalue weighted by Crippen LogP contribution is -1.95. The summed E-state index contributed by atoms with van der Waals surface area (Å²) in [6.07, 6.45) is 4.79. The highest BCUT2D eigenvalue weighted by Crippen LogP contribution is 2.31. The summed E-state index contributed by atoms with van der Waals surface area (Å²) < 4.78 is 1.36. The Balaban J connectivity index is 0.000000250. The van der Waals surface area contributed by atoms with Crippen molar-refractivity contribution in [2.45, 2.75) is 39.5 Å². The van der Waals surface area contributed by atoms with E-state index in [1.807, 2.05) is 0 Å². The summed E-state index contributed by atoms with van der Waals surface area (Å²) in [6.45, 7) is 8.69. The van der Waals surface area contributed by atoms with E-state index in [2.05, 4.69) is 50.9 Å². The molecule has 0 N–H and O–H groups in total. The third kappa shape index (κ3) is 4.88. The van der Waals surface area contributed by atoms with Gasteiger partial charge in [-0.3, -0.25) is 0 Å². The molecule has 0 aliphatic heterocycles. The van der Waals surface area contributed by atoms with Crippen molar-refractivity contribution in [3.8, 4) is 0 Å². The molecule has 0 aliphatic rings. The van der Waals surface area contributed by atoms with E-state index < -0.39 is 0 Å². The summed E-state index contributed by atoms with van der Waals surface area (Å²) in [5.74, 6) is 1.01. The number of halogens is 2. The van der Waals surface area contributed by atoms with E-state index in [1.54, 1.807) is 12.4 Å². The van der Waals surface area contributed by atoms with Crippen molar-refractivity contribution >= 4 is 23.4 Å². The Hall–Kier alpha value is -0.990. The van der Waals surface area contributed by atoms with Crippen molar-refractivity contribution in [3.05, 3.63) is 53.1 Å². The topological polar surface area (TPSA) is 17.8 Å². The van der Waals surface area contributed by atoms with Crippen LogP contribution in [0.15, 0.2) is 36.9 Å². The van der Waals surface area contributed by atoms with E-state index in [1.165, 1.54) is 21.5 Å². The zero-order valence-corrected chi connectivity index (χ0v) is 13.3. The van der Waals surface area contributed by atoms with Gasteiger partial charge in [0.1, 0.15) is 6.33 Å².